The second-order valence-electron chi connectivity index (χ2n) is 5.68. The first kappa shape index (κ1) is 17.5. The van der Waals surface area contributed by atoms with E-state index in [0.717, 1.165) is 16.8 Å². The molecule has 1 N–H and O–H groups in total. The minimum atomic E-state index is -0.260. The van der Waals surface area contributed by atoms with Gasteiger partial charge in [0.05, 0.1) is 19.2 Å². The molecule has 5 nitrogen and oxygen atoms in total. The summed E-state index contributed by atoms with van der Waals surface area (Å²) >= 11 is 0. The maximum Gasteiger partial charge on any atom is 0.257 e. The molecule has 24 heavy (non-hydrogen) atoms. The summed E-state index contributed by atoms with van der Waals surface area (Å²) in [7, 11) is 3.11. The van der Waals surface area contributed by atoms with Crippen molar-refractivity contribution in [2.24, 2.45) is 0 Å². The summed E-state index contributed by atoms with van der Waals surface area (Å²) in [5.41, 5.74) is 3.20. The zero-order valence-corrected chi connectivity index (χ0v) is 14.4. The van der Waals surface area contributed by atoms with E-state index in [9.17, 15) is 9.59 Å². The molecule has 2 rings (SSSR count). The molecule has 0 aliphatic carbocycles. The first-order valence-corrected chi connectivity index (χ1v) is 7.68. The van der Waals surface area contributed by atoms with E-state index in [1.807, 2.05) is 32.0 Å². The Morgan fingerprint density at radius 2 is 1.67 bits per heavy atom. The number of ether oxygens (including phenoxy) is 1. The Hall–Kier alpha value is -2.82. The highest BCUT2D eigenvalue weighted by atomic mass is 16.5. The monoisotopic (exact) mass is 326 g/mol. The zero-order chi connectivity index (χ0) is 17.7. The van der Waals surface area contributed by atoms with Gasteiger partial charge in [-0.2, -0.15) is 0 Å². The summed E-state index contributed by atoms with van der Waals surface area (Å²) in [6.45, 7) is 3.84. The third-order valence-corrected chi connectivity index (χ3v) is 3.81. The molecule has 0 bridgehead atoms. The van der Waals surface area contributed by atoms with Crippen LogP contribution in [0, 0.1) is 13.8 Å². The van der Waals surface area contributed by atoms with Crippen LogP contribution in [0.5, 0.6) is 5.75 Å². The van der Waals surface area contributed by atoms with Gasteiger partial charge in [-0.3, -0.25) is 9.59 Å². The van der Waals surface area contributed by atoms with Crippen molar-refractivity contribution >= 4 is 17.5 Å². The number of carbonyl (C=O) groups excluding carboxylic acids is 2. The summed E-state index contributed by atoms with van der Waals surface area (Å²) in [5, 5.41) is 2.88. The van der Waals surface area contributed by atoms with E-state index in [1.165, 1.54) is 12.0 Å². The van der Waals surface area contributed by atoms with E-state index < -0.39 is 0 Å². The number of hydrogen-bond donors (Lipinski definition) is 1. The molecule has 0 heterocycles. The fourth-order valence-electron chi connectivity index (χ4n) is 2.50. The van der Waals surface area contributed by atoms with Gasteiger partial charge in [-0.05, 0) is 37.1 Å². The van der Waals surface area contributed by atoms with Crippen LogP contribution < -0.4 is 10.1 Å². The number of carbonyl (C=O) groups is 2. The molecule has 0 aliphatic rings. The molecule has 0 aromatic heterocycles. The summed E-state index contributed by atoms with van der Waals surface area (Å²) < 4.78 is 5.20. The molecule has 2 aromatic carbocycles. The van der Waals surface area contributed by atoms with Crippen LogP contribution >= 0.6 is 0 Å². The Kier molecular flexibility index (Phi) is 5.58. The molecular weight excluding hydrogens is 304 g/mol. The van der Waals surface area contributed by atoms with Crippen molar-refractivity contribution in [2.75, 3.05) is 26.0 Å². The van der Waals surface area contributed by atoms with Crippen molar-refractivity contribution in [3.05, 3.63) is 59.2 Å². The predicted molar refractivity (Wildman–Crippen MR) is 94.5 cm³/mol. The lowest BCUT2D eigenvalue weighted by atomic mass is 10.1. The molecule has 0 saturated heterocycles. The Labute approximate surface area is 142 Å². The maximum atomic E-state index is 12.5. The van der Waals surface area contributed by atoms with E-state index >= 15 is 0 Å². The fraction of sp³-hybridized carbons (Fsp3) is 0.263. The van der Waals surface area contributed by atoms with Crippen LogP contribution in [-0.4, -0.2) is 37.4 Å². The van der Waals surface area contributed by atoms with Gasteiger partial charge < -0.3 is 15.0 Å². The molecule has 0 aliphatic heterocycles. The number of nitrogens with zero attached hydrogens (tertiary/aromatic N) is 1. The van der Waals surface area contributed by atoms with E-state index in [-0.39, 0.29) is 18.4 Å². The number of methoxy groups -OCH3 is 1. The number of benzene rings is 2. The number of nitrogens with one attached hydrogen (secondary N) is 1. The van der Waals surface area contributed by atoms with Gasteiger partial charge in [0.1, 0.15) is 5.75 Å². The molecule has 126 valence electrons. The van der Waals surface area contributed by atoms with Crippen molar-refractivity contribution < 1.29 is 14.3 Å². The summed E-state index contributed by atoms with van der Waals surface area (Å²) in [6.07, 6.45) is 0. The first-order valence-electron chi connectivity index (χ1n) is 7.68. The summed E-state index contributed by atoms with van der Waals surface area (Å²) in [5.74, 6) is -0.00763. The summed E-state index contributed by atoms with van der Waals surface area (Å²) in [4.78, 5) is 26.2. The lowest BCUT2D eigenvalue weighted by Gasteiger charge is -2.19. The summed E-state index contributed by atoms with van der Waals surface area (Å²) in [6, 6.07) is 12.8. The number of rotatable bonds is 5. The standard InChI is InChI=1S/C19H22N2O3/c1-13-8-7-9-14(2)18(13)20-17(22)12-21(3)19(23)15-10-5-6-11-16(15)24-4/h5-11H,12H2,1-4H3,(H,20,22). The molecule has 2 amide bonds. The van der Waals surface area contributed by atoms with Gasteiger partial charge in [0.15, 0.2) is 0 Å². The highest BCUT2D eigenvalue weighted by Gasteiger charge is 2.18. The van der Waals surface area contributed by atoms with E-state index in [0.29, 0.717) is 11.3 Å². The van der Waals surface area contributed by atoms with Crippen molar-refractivity contribution in [1.82, 2.24) is 4.90 Å². The average molecular weight is 326 g/mol. The van der Waals surface area contributed by atoms with Crippen molar-refractivity contribution in [1.29, 1.82) is 0 Å². The van der Waals surface area contributed by atoms with Crippen LogP contribution in [0.25, 0.3) is 0 Å². The second kappa shape index (κ2) is 7.64. The van der Waals surface area contributed by atoms with Gasteiger partial charge >= 0.3 is 0 Å². The number of para-hydroxylation sites is 2. The molecule has 0 fully saturated rings. The predicted octanol–water partition coefficient (Wildman–Crippen LogP) is 3.02. The third-order valence-electron chi connectivity index (χ3n) is 3.81. The Morgan fingerprint density at radius 1 is 1.04 bits per heavy atom. The van der Waals surface area contributed by atoms with E-state index in [1.54, 1.807) is 31.3 Å². The highest BCUT2D eigenvalue weighted by molar-refractivity contribution is 6.01. The lowest BCUT2D eigenvalue weighted by Crippen LogP contribution is -2.35. The van der Waals surface area contributed by atoms with Crippen molar-refractivity contribution in [3.63, 3.8) is 0 Å². The van der Waals surface area contributed by atoms with Crippen molar-refractivity contribution in [2.45, 2.75) is 13.8 Å². The smallest absolute Gasteiger partial charge is 0.257 e. The van der Waals surface area contributed by atoms with Gasteiger partial charge in [0, 0.05) is 12.7 Å². The minimum Gasteiger partial charge on any atom is -0.496 e. The zero-order valence-electron chi connectivity index (χ0n) is 14.4. The fourth-order valence-corrected chi connectivity index (χ4v) is 2.50. The average Bonchev–Trinajstić information content (AvgIpc) is 2.57. The van der Waals surface area contributed by atoms with Crippen LogP contribution in [0.2, 0.25) is 0 Å². The lowest BCUT2D eigenvalue weighted by molar-refractivity contribution is -0.116. The van der Waals surface area contributed by atoms with Crippen LogP contribution in [0.3, 0.4) is 0 Å². The van der Waals surface area contributed by atoms with E-state index in [2.05, 4.69) is 5.32 Å². The molecule has 0 radical (unpaired) electrons. The molecule has 0 unspecified atom stereocenters. The molecule has 2 aromatic rings. The molecule has 0 spiro atoms. The van der Waals surface area contributed by atoms with Crippen LogP contribution in [-0.2, 0) is 4.79 Å². The van der Waals surface area contributed by atoms with Gasteiger partial charge in [-0.15, -0.1) is 0 Å². The SMILES string of the molecule is COc1ccccc1C(=O)N(C)CC(=O)Nc1c(C)cccc1C. The Bertz CT molecular complexity index is 736. The van der Waals surface area contributed by atoms with Gasteiger partial charge in [-0.1, -0.05) is 30.3 Å². The van der Waals surface area contributed by atoms with Crippen LogP contribution in [0.1, 0.15) is 21.5 Å². The highest BCUT2D eigenvalue weighted by Crippen LogP contribution is 2.20. The topological polar surface area (TPSA) is 58.6 Å². The first-order chi connectivity index (χ1) is 11.4. The third kappa shape index (κ3) is 3.93. The van der Waals surface area contributed by atoms with Gasteiger partial charge in [-0.25, -0.2) is 0 Å². The Balaban J connectivity index is 2.07. The van der Waals surface area contributed by atoms with Crippen molar-refractivity contribution in [3.8, 4) is 5.75 Å². The quantitative estimate of drug-likeness (QED) is 0.919. The van der Waals surface area contributed by atoms with E-state index in [4.69, 9.17) is 4.74 Å². The molecule has 0 saturated carbocycles. The Morgan fingerprint density at radius 3 is 2.29 bits per heavy atom. The maximum absolute atomic E-state index is 12.5. The molecule has 0 atom stereocenters. The largest absolute Gasteiger partial charge is 0.496 e. The number of likely N-dealkylation sites (N-methyl/N-ethyl adjacent to an activating group) is 1. The van der Waals surface area contributed by atoms with Crippen LogP contribution in [0.15, 0.2) is 42.5 Å². The number of hydrogen-bond acceptors (Lipinski definition) is 3. The minimum absolute atomic E-state index is 0.0370. The second-order valence-corrected chi connectivity index (χ2v) is 5.68. The molecule has 5 heteroatoms. The molecular formula is C19H22N2O3. The van der Waals surface area contributed by atoms with Gasteiger partial charge in [0.25, 0.3) is 5.91 Å². The van der Waals surface area contributed by atoms with Gasteiger partial charge in [0.2, 0.25) is 5.91 Å². The number of anilines is 1. The number of amides is 2. The number of aryl methyl sites for hydroxylation is 2. The normalized spacial score (nSPS) is 10.2. The van der Waals surface area contributed by atoms with Crippen LogP contribution in [0.4, 0.5) is 5.69 Å².